The molecule has 0 bridgehead atoms. The molecule has 2 N–H and O–H groups in total. The van der Waals surface area contributed by atoms with Crippen molar-refractivity contribution in [3.8, 4) is 11.3 Å². The summed E-state index contributed by atoms with van der Waals surface area (Å²) in [5.41, 5.74) is 4.62. The van der Waals surface area contributed by atoms with Crippen LogP contribution < -0.4 is 5.32 Å². The molecule has 1 amide bonds. The number of likely N-dealkylation sites (N-methyl/N-ethyl adjacent to an activating group) is 1. The van der Waals surface area contributed by atoms with E-state index in [4.69, 9.17) is 0 Å². The summed E-state index contributed by atoms with van der Waals surface area (Å²) in [5, 5.41) is 11.6. The number of aromatic nitrogens is 3. The number of nitrogens with one attached hydrogen (secondary N) is 2. The van der Waals surface area contributed by atoms with Crippen molar-refractivity contribution in [2.24, 2.45) is 0 Å². The summed E-state index contributed by atoms with van der Waals surface area (Å²) in [4.78, 5) is 19.1. The van der Waals surface area contributed by atoms with Gasteiger partial charge < -0.3 is 10.2 Å². The smallest absolute Gasteiger partial charge is 0.251 e. The first-order valence-corrected chi connectivity index (χ1v) is 11.6. The molecule has 0 unspecified atom stereocenters. The molecule has 0 fully saturated rings. The highest BCUT2D eigenvalue weighted by molar-refractivity contribution is 6.09. The number of benzene rings is 2. The number of aromatic amines is 1. The van der Waals surface area contributed by atoms with E-state index in [0.29, 0.717) is 24.3 Å². The molecule has 1 aliphatic rings. The fourth-order valence-electron chi connectivity index (χ4n) is 4.89. The molecule has 0 saturated carbocycles. The SMILES string of the molecule is Cc1[nH]nc2cc(F)c3nc(-c4ccc(C(=O)NCCN(C)C)cc4F)c4c(c3c12)CCCC4. The number of aryl methyl sites for hydroxylation is 2. The first-order chi connectivity index (χ1) is 16.3. The lowest BCUT2D eigenvalue weighted by molar-refractivity contribution is 0.0950. The molecule has 0 saturated heterocycles. The Morgan fingerprint density at radius 1 is 1.09 bits per heavy atom. The van der Waals surface area contributed by atoms with Gasteiger partial charge in [0, 0.05) is 46.7 Å². The number of carbonyl (C=O) groups excluding carboxylic acids is 1. The molecule has 34 heavy (non-hydrogen) atoms. The third-order valence-electron chi connectivity index (χ3n) is 6.56. The van der Waals surface area contributed by atoms with Gasteiger partial charge in [0.05, 0.1) is 11.2 Å². The highest BCUT2D eigenvalue weighted by Gasteiger charge is 2.25. The fourth-order valence-corrected chi connectivity index (χ4v) is 4.89. The van der Waals surface area contributed by atoms with Crippen molar-refractivity contribution < 1.29 is 13.6 Å². The van der Waals surface area contributed by atoms with E-state index in [1.54, 1.807) is 12.1 Å². The van der Waals surface area contributed by atoms with Gasteiger partial charge in [0.1, 0.15) is 11.3 Å². The summed E-state index contributed by atoms with van der Waals surface area (Å²) in [6, 6.07) is 5.80. The van der Waals surface area contributed by atoms with E-state index in [2.05, 4.69) is 20.5 Å². The maximum atomic E-state index is 15.3. The maximum Gasteiger partial charge on any atom is 0.251 e. The molecule has 1 aliphatic carbocycles. The van der Waals surface area contributed by atoms with Crippen LogP contribution in [0.25, 0.3) is 33.1 Å². The monoisotopic (exact) mass is 463 g/mol. The molecular weight excluding hydrogens is 436 g/mol. The predicted octanol–water partition coefficient (Wildman–Crippen LogP) is 4.53. The van der Waals surface area contributed by atoms with Gasteiger partial charge in [-0.25, -0.2) is 13.8 Å². The zero-order valence-electron chi connectivity index (χ0n) is 19.6. The Balaban J connectivity index is 1.63. The molecular formula is C26H27F2N5O. The van der Waals surface area contributed by atoms with Crippen LogP contribution in [0.5, 0.6) is 0 Å². The van der Waals surface area contributed by atoms with Crippen LogP contribution in [-0.4, -0.2) is 53.2 Å². The molecule has 0 aliphatic heterocycles. The van der Waals surface area contributed by atoms with Gasteiger partial charge in [-0.3, -0.25) is 9.89 Å². The minimum Gasteiger partial charge on any atom is -0.351 e. The molecule has 2 aromatic heterocycles. The van der Waals surface area contributed by atoms with Gasteiger partial charge in [-0.15, -0.1) is 0 Å². The number of rotatable bonds is 5. The number of nitrogens with zero attached hydrogens (tertiary/aromatic N) is 3. The minimum atomic E-state index is -0.541. The van der Waals surface area contributed by atoms with Crippen molar-refractivity contribution in [1.82, 2.24) is 25.4 Å². The molecule has 2 aromatic carbocycles. The number of fused-ring (bicyclic) bond motifs is 5. The molecule has 2 heterocycles. The first kappa shape index (κ1) is 22.4. The Bertz CT molecular complexity index is 1430. The zero-order valence-corrected chi connectivity index (χ0v) is 19.6. The lowest BCUT2D eigenvalue weighted by Gasteiger charge is -2.22. The maximum absolute atomic E-state index is 15.3. The molecule has 6 nitrogen and oxygen atoms in total. The van der Waals surface area contributed by atoms with E-state index < -0.39 is 11.6 Å². The molecule has 8 heteroatoms. The van der Waals surface area contributed by atoms with Crippen LogP contribution in [0, 0.1) is 18.6 Å². The van der Waals surface area contributed by atoms with E-state index in [1.165, 1.54) is 12.1 Å². The van der Waals surface area contributed by atoms with E-state index in [1.807, 2.05) is 25.9 Å². The Hall–Kier alpha value is -3.39. The highest BCUT2D eigenvalue weighted by Crippen LogP contribution is 2.40. The van der Waals surface area contributed by atoms with Crippen LogP contribution in [0.2, 0.25) is 0 Å². The predicted molar refractivity (Wildman–Crippen MR) is 129 cm³/mol. The quantitative estimate of drug-likeness (QED) is 0.456. The topological polar surface area (TPSA) is 73.9 Å². The van der Waals surface area contributed by atoms with E-state index >= 15 is 8.78 Å². The molecule has 0 spiro atoms. The number of halogens is 2. The van der Waals surface area contributed by atoms with E-state index in [0.717, 1.165) is 53.3 Å². The van der Waals surface area contributed by atoms with Gasteiger partial charge in [0.2, 0.25) is 0 Å². The summed E-state index contributed by atoms with van der Waals surface area (Å²) in [7, 11) is 3.83. The number of H-pyrrole nitrogens is 1. The van der Waals surface area contributed by atoms with Crippen LogP contribution in [0.3, 0.4) is 0 Å². The first-order valence-electron chi connectivity index (χ1n) is 11.6. The summed E-state index contributed by atoms with van der Waals surface area (Å²) >= 11 is 0. The van der Waals surface area contributed by atoms with Gasteiger partial charge in [-0.2, -0.15) is 5.10 Å². The Labute approximate surface area is 196 Å². The largest absolute Gasteiger partial charge is 0.351 e. The lowest BCUT2D eigenvalue weighted by atomic mass is 9.85. The summed E-state index contributed by atoms with van der Waals surface area (Å²) < 4.78 is 30.5. The molecule has 0 radical (unpaired) electrons. The molecule has 0 atom stereocenters. The van der Waals surface area contributed by atoms with E-state index in [-0.39, 0.29) is 22.6 Å². The van der Waals surface area contributed by atoms with Gasteiger partial charge >= 0.3 is 0 Å². The molecule has 5 rings (SSSR count). The van der Waals surface area contributed by atoms with Crippen LogP contribution in [0.1, 0.15) is 40.0 Å². The fraction of sp³-hybridized carbons (Fsp3) is 0.346. The molecule has 176 valence electrons. The number of pyridine rings is 1. The molecule has 4 aromatic rings. The van der Waals surface area contributed by atoms with Crippen LogP contribution in [-0.2, 0) is 12.8 Å². The number of hydrogen-bond donors (Lipinski definition) is 2. The van der Waals surface area contributed by atoms with Crippen LogP contribution in [0.15, 0.2) is 24.3 Å². The Kier molecular flexibility index (Phi) is 5.77. The van der Waals surface area contributed by atoms with Crippen molar-refractivity contribution >= 4 is 27.7 Å². The second kappa shape index (κ2) is 8.76. The number of hydrogen-bond acceptors (Lipinski definition) is 4. The third kappa shape index (κ3) is 3.81. The second-order valence-corrected chi connectivity index (χ2v) is 9.20. The zero-order chi connectivity index (χ0) is 24.0. The van der Waals surface area contributed by atoms with Crippen molar-refractivity contribution in [2.75, 3.05) is 27.2 Å². The Morgan fingerprint density at radius 2 is 1.85 bits per heavy atom. The highest BCUT2D eigenvalue weighted by atomic mass is 19.1. The summed E-state index contributed by atoms with van der Waals surface area (Å²) in [6.45, 7) is 3.07. The van der Waals surface area contributed by atoms with Gasteiger partial charge in [-0.1, -0.05) is 0 Å². The van der Waals surface area contributed by atoms with E-state index in [9.17, 15) is 4.79 Å². The average Bonchev–Trinajstić information content (AvgIpc) is 3.18. The summed E-state index contributed by atoms with van der Waals surface area (Å²) in [5.74, 6) is -1.34. The number of carbonyl (C=O) groups is 1. The third-order valence-corrected chi connectivity index (χ3v) is 6.56. The standard InChI is InChI=1S/C26H27F2N5O/c1-14-22-21(32-31-14)13-20(28)25-23(22)16-6-4-5-7-17(16)24(30-25)18-9-8-15(12-19(18)27)26(34)29-10-11-33(2)3/h8-9,12-13H,4-7,10-11H2,1-3H3,(H,29,34)(H,31,32). The second-order valence-electron chi connectivity index (χ2n) is 9.20. The van der Waals surface area contributed by atoms with Crippen molar-refractivity contribution in [2.45, 2.75) is 32.6 Å². The minimum absolute atomic E-state index is 0.234. The van der Waals surface area contributed by atoms with Gasteiger partial charge in [-0.05, 0) is 76.0 Å². The average molecular weight is 464 g/mol. The Morgan fingerprint density at radius 3 is 2.59 bits per heavy atom. The normalized spacial score (nSPS) is 13.6. The van der Waals surface area contributed by atoms with Gasteiger partial charge in [0.15, 0.2) is 5.82 Å². The van der Waals surface area contributed by atoms with Crippen molar-refractivity contribution in [3.63, 3.8) is 0 Å². The van der Waals surface area contributed by atoms with Crippen molar-refractivity contribution in [1.29, 1.82) is 0 Å². The van der Waals surface area contributed by atoms with Crippen LogP contribution in [0.4, 0.5) is 8.78 Å². The van der Waals surface area contributed by atoms with Gasteiger partial charge in [0.25, 0.3) is 5.91 Å². The van der Waals surface area contributed by atoms with Crippen LogP contribution >= 0.6 is 0 Å². The number of amides is 1. The summed E-state index contributed by atoms with van der Waals surface area (Å²) in [6.07, 6.45) is 3.46. The lowest BCUT2D eigenvalue weighted by Crippen LogP contribution is -2.31. The van der Waals surface area contributed by atoms with Crippen molar-refractivity contribution in [3.05, 3.63) is 58.3 Å².